The highest BCUT2D eigenvalue weighted by atomic mass is 19.1. The summed E-state index contributed by atoms with van der Waals surface area (Å²) in [5.41, 5.74) is -0.495. The van der Waals surface area contributed by atoms with Crippen LogP contribution < -0.4 is 5.56 Å². The average Bonchev–Trinajstić information content (AvgIpc) is 2.51. The van der Waals surface area contributed by atoms with Crippen molar-refractivity contribution in [2.24, 2.45) is 0 Å². The Balaban J connectivity index is 0.000000461. The number of H-pyrrole nitrogens is 1. The lowest BCUT2D eigenvalue weighted by atomic mass is 10.5. The number of hydrogen-bond donors (Lipinski definition) is 1. The smallest absolute Gasteiger partial charge is 0.278 e. The number of hydrogen-bond acceptors (Lipinski definition) is 2. The van der Waals surface area contributed by atoms with Crippen LogP contribution in [0, 0.1) is 12.7 Å². The molecule has 5 heteroatoms. The van der Waals surface area contributed by atoms with Crippen LogP contribution in [0.1, 0.15) is 19.7 Å². The van der Waals surface area contributed by atoms with Crippen LogP contribution in [0.4, 0.5) is 4.39 Å². The molecule has 0 fully saturated rings. The van der Waals surface area contributed by atoms with Crippen LogP contribution in [0.5, 0.6) is 0 Å². The topological polar surface area (TPSA) is 50.2 Å². The van der Waals surface area contributed by atoms with Gasteiger partial charge in [-0.25, -0.2) is 8.91 Å². The first kappa shape index (κ1) is 10.4. The highest BCUT2D eigenvalue weighted by Crippen LogP contribution is 2.02. The number of halogens is 1. The zero-order valence-electron chi connectivity index (χ0n) is 8.34. The van der Waals surface area contributed by atoms with Gasteiger partial charge in [0.1, 0.15) is 5.82 Å². The Bertz CT molecular complexity index is 486. The van der Waals surface area contributed by atoms with E-state index in [2.05, 4.69) is 10.1 Å². The van der Waals surface area contributed by atoms with Crippen molar-refractivity contribution in [1.29, 1.82) is 0 Å². The highest BCUT2D eigenvalue weighted by Gasteiger charge is 2.06. The number of aryl methyl sites for hydroxylation is 1. The highest BCUT2D eigenvalue weighted by molar-refractivity contribution is 5.45. The fraction of sp³-hybridized carbons (Fsp3) is 0.333. The van der Waals surface area contributed by atoms with E-state index in [1.165, 1.54) is 16.8 Å². The number of fused-ring (bicyclic) bond motifs is 1. The first-order valence-corrected chi connectivity index (χ1v) is 4.42. The lowest BCUT2D eigenvalue weighted by Crippen LogP contribution is -2.14. The molecule has 0 atom stereocenters. The Morgan fingerprint density at radius 2 is 2.14 bits per heavy atom. The van der Waals surface area contributed by atoms with E-state index in [1.54, 1.807) is 6.92 Å². The van der Waals surface area contributed by atoms with Crippen molar-refractivity contribution in [1.82, 2.24) is 14.6 Å². The van der Waals surface area contributed by atoms with Gasteiger partial charge in [-0.05, 0) is 13.0 Å². The summed E-state index contributed by atoms with van der Waals surface area (Å²) in [5.74, 6) is -0.0909. The maximum Gasteiger partial charge on any atom is 0.278 e. The average molecular weight is 197 g/mol. The summed E-state index contributed by atoms with van der Waals surface area (Å²) in [6.45, 7) is 5.64. The van der Waals surface area contributed by atoms with E-state index in [0.29, 0.717) is 5.82 Å². The summed E-state index contributed by atoms with van der Waals surface area (Å²) in [4.78, 5) is 13.5. The maximum atomic E-state index is 12.9. The molecule has 0 aromatic carbocycles. The Morgan fingerprint density at radius 1 is 1.50 bits per heavy atom. The zero-order chi connectivity index (χ0) is 10.7. The van der Waals surface area contributed by atoms with Gasteiger partial charge in [0.05, 0.1) is 0 Å². The molecule has 0 aliphatic heterocycles. The molecule has 2 aromatic rings. The van der Waals surface area contributed by atoms with Crippen LogP contribution in [0.15, 0.2) is 17.1 Å². The van der Waals surface area contributed by atoms with Crippen molar-refractivity contribution in [2.45, 2.75) is 20.8 Å². The molecule has 1 N–H and O–H groups in total. The Hall–Kier alpha value is -1.65. The molecule has 0 saturated carbocycles. The summed E-state index contributed by atoms with van der Waals surface area (Å²) in [7, 11) is 0. The molecule has 14 heavy (non-hydrogen) atoms. The van der Waals surface area contributed by atoms with Gasteiger partial charge in [0, 0.05) is 6.20 Å². The summed E-state index contributed by atoms with van der Waals surface area (Å²) >= 11 is 0. The minimum atomic E-state index is -0.552. The van der Waals surface area contributed by atoms with E-state index in [0.717, 1.165) is 0 Å². The SMILES string of the molecule is CC.Cc1nn2ccc(F)c2c(=O)[nH]1. The lowest BCUT2D eigenvalue weighted by molar-refractivity contribution is 0.636. The molecular formula is C9H12FN3O. The number of nitrogens with one attached hydrogen (secondary N) is 1. The van der Waals surface area contributed by atoms with Crippen molar-refractivity contribution in [2.75, 3.05) is 0 Å². The van der Waals surface area contributed by atoms with Gasteiger partial charge in [-0.2, -0.15) is 5.10 Å². The summed E-state index contributed by atoms with van der Waals surface area (Å²) in [5, 5.41) is 3.88. The second-order valence-corrected chi connectivity index (χ2v) is 2.50. The number of aromatic nitrogens is 3. The van der Waals surface area contributed by atoms with E-state index in [1.807, 2.05) is 13.8 Å². The molecule has 0 unspecified atom stereocenters. The normalized spacial score (nSPS) is 9.71. The molecule has 76 valence electrons. The van der Waals surface area contributed by atoms with Crippen molar-refractivity contribution >= 4 is 5.52 Å². The van der Waals surface area contributed by atoms with Crippen LogP contribution in [-0.4, -0.2) is 14.6 Å². The molecule has 0 spiro atoms. The van der Waals surface area contributed by atoms with Gasteiger partial charge < -0.3 is 4.98 Å². The van der Waals surface area contributed by atoms with E-state index >= 15 is 0 Å². The van der Waals surface area contributed by atoms with Crippen molar-refractivity contribution in [3.63, 3.8) is 0 Å². The maximum absolute atomic E-state index is 12.9. The molecule has 2 aromatic heterocycles. The Morgan fingerprint density at radius 3 is 2.79 bits per heavy atom. The summed E-state index contributed by atoms with van der Waals surface area (Å²) < 4.78 is 14.1. The van der Waals surface area contributed by atoms with E-state index in [4.69, 9.17) is 0 Å². The van der Waals surface area contributed by atoms with Gasteiger partial charge in [-0.3, -0.25) is 4.79 Å². The minimum absolute atomic E-state index is 0.0411. The van der Waals surface area contributed by atoms with E-state index < -0.39 is 11.4 Å². The van der Waals surface area contributed by atoms with E-state index in [-0.39, 0.29) is 5.52 Å². The fourth-order valence-electron chi connectivity index (χ4n) is 1.10. The van der Waals surface area contributed by atoms with Gasteiger partial charge >= 0.3 is 0 Å². The second-order valence-electron chi connectivity index (χ2n) is 2.50. The first-order valence-electron chi connectivity index (χ1n) is 4.42. The number of aromatic amines is 1. The predicted molar refractivity (Wildman–Crippen MR) is 51.9 cm³/mol. The summed E-state index contributed by atoms with van der Waals surface area (Å²) in [6.07, 6.45) is 1.41. The largest absolute Gasteiger partial charge is 0.307 e. The molecule has 0 amide bonds. The van der Waals surface area contributed by atoms with E-state index in [9.17, 15) is 9.18 Å². The quantitative estimate of drug-likeness (QED) is 0.695. The molecule has 0 saturated heterocycles. The molecular weight excluding hydrogens is 185 g/mol. The molecule has 0 aliphatic carbocycles. The van der Waals surface area contributed by atoms with Crippen LogP contribution in [-0.2, 0) is 0 Å². The van der Waals surface area contributed by atoms with Crippen LogP contribution in [0.3, 0.4) is 0 Å². The third-order valence-electron chi connectivity index (χ3n) is 1.58. The van der Waals surface area contributed by atoms with Gasteiger partial charge in [0.25, 0.3) is 5.56 Å². The molecule has 0 radical (unpaired) electrons. The van der Waals surface area contributed by atoms with Crippen LogP contribution >= 0.6 is 0 Å². The van der Waals surface area contributed by atoms with Crippen LogP contribution in [0.2, 0.25) is 0 Å². The van der Waals surface area contributed by atoms with Crippen molar-refractivity contribution in [3.8, 4) is 0 Å². The van der Waals surface area contributed by atoms with Crippen molar-refractivity contribution in [3.05, 3.63) is 34.3 Å². The number of nitrogens with zero attached hydrogens (tertiary/aromatic N) is 2. The second kappa shape index (κ2) is 4.04. The zero-order valence-corrected chi connectivity index (χ0v) is 8.34. The molecule has 0 bridgehead atoms. The standard InChI is InChI=1S/C7H6FN3O.C2H6/c1-4-9-7(12)6-5(8)2-3-11(6)10-4;1-2/h2-3H,1H3,(H,9,10,12);1-2H3. The predicted octanol–water partition coefficient (Wildman–Crippen LogP) is 1.50. The van der Waals surface area contributed by atoms with Gasteiger partial charge in [-0.15, -0.1) is 0 Å². The first-order chi connectivity index (χ1) is 6.68. The van der Waals surface area contributed by atoms with Crippen molar-refractivity contribution < 1.29 is 4.39 Å². The van der Waals surface area contributed by atoms with Gasteiger partial charge in [0.15, 0.2) is 11.3 Å². The molecule has 0 aliphatic rings. The fourth-order valence-corrected chi connectivity index (χ4v) is 1.10. The molecule has 2 rings (SSSR count). The van der Waals surface area contributed by atoms with Crippen LogP contribution in [0.25, 0.3) is 5.52 Å². The summed E-state index contributed by atoms with van der Waals surface area (Å²) in [6, 6.07) is 1.21. The third kappa shape index (κ3) is 1.66. The molecule has 2 heterocycles. The minimum Gasteiger partial charge on any atom is -0.307 e. The van der Waals surface area contributed by atoms with Gasteiger partial charge in [-0.1, -0.05) is 13.8 Å². The monoisotopic (exact) mass is 197 g/mol. The number of rotatable bonds is 0. The molecule has 4 nitrogen and oxygen atoms in total. The Kier molecular flexibility index (Phi) is 3.01. The third-order valence-corrected chi connectivity index (χ3v) is 1.58. The van der Waals surface area contributed by atoms with Gasteiger partial charge in [0.2, 0.25) is 0 Å². The Labute approximate surface area is 80.4 Å². The lowest BCUT2D eigenvalue weighted by Gasteiger charge is -1.94.